The molecule has 0 spiro atoms. The van der Waals surface area contributed by atoms with Gasteiger partial charge in [0.15, 0.2) is 0 Å². The van der Waals surface area contributed by atoms with Crippen LogP contribution in [0.3, 0.4) is 0 Å². The third-order valence-corrected chi connectivity index (χ3v) is 2.59. The SMILES string of the molecule is COCCC(N)C(=O)NCc1ccc(OC(F)(F)F)cc1. The van der Waals surface area contributed by atoms with Crippen molar-refractivity contribution in [2.75, 3.05) is 13.7 Å². The Bertz CT molecular complexity index is 449. The van der Waals surface area contributed by atoms with Crippen molar-refractivity contribution in [1.29, 1.82) is 0 Å². The molecule has 0 aromatic heterocycles. The van der Waals surface area contributed by atoms with Crippen LogP contribution in [-0.4, -0.2) is 32.0 Å². The van der Waals surface area contributed by atoms with Gasteiger partial charge < -0.3 is 20.5 Å². The van der Waals surface area contributed by atoms with E-state index >= 15 is 0 Å². The first-order valence-electron chi connectivity index (χ1n) is 6.18. The molecule has 1 aromatic carbocycles. The highest BCUT2D eigenvalue weighted by atomic mass is 19.4. The lowest BCUT2D eigenvalue weighted by Gasteiger charge is -2.12. The summed E-state index contributed by atoms with van der Waals surface area (Å²) in [6, 6.07) is 4.54. The molecule has 0 heterocycles. The van der Waals surface area contributed by atoms with Crippen molar-refractivity contribution in [2.24, 2.45) is 5.73 Å². The Hall–Kier alpha value is -1.80. The smallest absolute Gasteiger partial charge is 0.406 e. The second kappa shape index (κ2) is 7.84. The lowest BCUT2D eigenvalue weighted by Crippen LogP contribution is -2.40. The standard InChI is InChI=1S/C13H17F3N2O3/c1-20-7-6-11(17)12(19)18-8-9-2-4-10(5-3-9)21-13(14,15)16/h2-5,11H,6-8,17H2,1H3,(H,18,19). The average Bonchev–Trinajstić information content (AvgIpc) is 2.42. The molecule has 0 saturated carbocycles. The fourth-order valence-corrected chi connectivity index (χ4v) is 1.51. The van der Waals surface area contributed by atoms with Crippen LogP contribution in [0.25, 0.3) is 0 Å². The summed E-state index contributed by atoms with van der Waals surface area (Å²) in [5.41, 5.74) is 6.26. The molecule has 0 saturated heterocycles. The average molecular weight is 306 g/mol. The van der Waals surface area contributed by atoms with Gasteiger partial charge >= 0.3 is 6.36 Å². The van der Waals surface area contributed by atoms with E-state index in [4.69, 9.17) is 10.5 Å². The highest BCUT2D eigenvalue weighted by molar-refractivity contribution is 5.81. The maximum Gasteiger partial charge on any atom is 0.573 e. The third-order valence-electron chi connectivity index (χ3n) is 2.59. The van der Waals surface area contributed by atoms with Crippen LogP contribution in [0, 0.1) is 0 Å². The minimum atomic E-state index is -4.72. The van der Waals surface area contributed by atoms with E-state index in [2.05, 4.69) is 10.1 Å². The second-order valence-corrected chi connectivity index (χ2v) is 4.30. The summed E-state index contributed by atoms with van der Waals surface area (Å²) in [6.45, 7) is 0.546. The number of alkyl halides is 3. The van der Waals surface area contributed by atoms with E-state index < -0.39 is 12.4 Å². The summed E-state index contributed by atoms with van der Waals surface area (Å²) >= 11 is 0. The normalized spacial score (nSPS) is 12.8. The van der Waals surface area contributed by atoms with Gasteiger partial charge in [-0.25, -0.2) is 0 Å². The van der Waals surface area contributed by atoms with Crippen LogP contribution < -0.4 is 15.8 Å². The number of carbonyl (C=O) groups is 1. The molecule has 1 rings (SSSR count). The third kappa shape index (κ3) is 6.96. The number of hydrogen-bond acceptors (Lipinski definition) is 4. The molecule has 1 atom stereocenters. The fourth-order valence-electron chi connectivity index (χ4n) is 1.51. The Morgan fingerprint density at radius 2 is 1.95 bits per heavy atom. The van der Waals surface area contributed by atoms with Gasteiger partial charge in [0.2, 0.25) is 5.91 Å². The highest BCUT2D eigenvalue weighted by Crippen LogP contribution is 2.22. The van der Waals surface area contributed by atoms with Crippen LogP contribution in [0.2, 0.25) is 0 Å². The number of nitrogens with two attached hydrogens (primary N) is 1. The second-order valence-electron chi connectivity index (χ2n) is 4.30. The van der Waals surface area contributed by atoms with Gasteiger partial charge in [0.1, 0.15) is 5.75 Å². The van der Waals surface area contributed by atoms with Crippen molar-refractivity contribution in [1.82, 2.24) is 5.32 Å². The van der Waals surface area contributed by atoms with E-state index in [1.807, 2.05) is 0 Å². The summed E-state index contributed by atoms with van der Waals surface area (Å²) in [5.74, 6) is -0.656. The van der Waals surface area contributed by atoms with Gasteiger partial charge in [-0.05, 0) is 24.1 Å². The molecule has 0 radical (unpaired) electrons. The van der Waals surface area contributed by atoms with E-state index in [1.54, 1.807) is 0 Å². The Kier molecular flexibility index (Phi) is 6.44. The topological polar surface area (TPSA) is 73.6 Å². The lowest BCUT2D eigenvalue weighted by molar-refractivity contribution is -0.274. The Balaban J connectivity index is 2.44. The molecule has 0 aliphatic heterocycles. The van der Waals surface area contributed by atoms with Gasteiger partial charge in [0, 0.05) is 20.3 Å². The number of ether oxygens (including phenoxy) is 2. The van der Waals surface area contributed by atoms with Gasteiger partial charge in [0.05, 0.1) is 6.04 Å². The monoisotopic (exact) mass is 306 g/mol. The first kappa shape index (κ1) is 17.3. The number of halogens is 3. The summed E-state index contributed by atoms with van der Waals surface area (Å²) in [6.07, 6.45) is -4.33. The van der Waals surface area contributed by atoms with E-state index in [0.717, 1.165) is 0 Å². The number of rotatable bonds is 7. The molecule has 21 heavy (non-hydrogen) atoms. The van der Waals surface area contributed by atoms with Crippen molar-refractivity contribution in [3.05, 3.63) is 29.8 Å². The van der Waals surface area contributed by atoms with Crippen LogP contribution in [-0.2, 0) is 16.1 Å². The summed E-state index contributed by atoms with van der Waals surface area (Å²) in [7, 11) is 1.51. The Labute approximate surface area is 120 Å². The molecule has 1 aromatic rings. The van der Waals surface area contributed by atoms with Crippen LogP contribution >= 0.6 is 0 Å². The lowest BCUT2D eigenvalue weighted by atomic mass is 10.2. The molecule has 0 bridgehead atoms. The number of amides is 1. The maximum atomic E-state index is 12.0. The first-order valence-corrected chi connectivity index (χ1v) is 6.18. The predicted octanol–water partition coefficient (Wildman–Crippen LogP) is 1.57. The molecule has 1 unspecified atom stereocenters. The molecule has 3 N–H and O–H groups in total. The quantitative estimate of drug-likeness (QED) is 0.802. The largest absolute Gasteiger partial charge is 0.573 e. The number of benzene rings is 1. The number of methoxy groups -OCH3 is 1. The summed E-state index contributed by atoms with van der Waals surface area (Å²) < 4.78 is 44.5. The van der Waals surface area contributed by atoms with Gasteiger partial charge in [-0.15, -0.1) is 13.2 Å². The van der Waals surface area contributed by atoms with Gasteiger partial charge in [-0.1, -0.05) is 12.1 Å². The Morgan fingerprint density at radius 3 is 2.48 bits per heavy atom. The molecule has 5 nitrogen and oxygen atoms in total. The number of nitrogens with one attached hydrogen (secondary N) is 1. The van der Waals surface area contributed by atoms with Gasteiger partial charge in [-0.2, -0.15) is 0 Å². The molecule has 1 amide bonds. The van der Waals surface area contributed by atoms with E-state index in [0.29, 0.717) is 18.6 Å². The molecule has 0 aliphatic rings. The van der Waals surface area contributed by atoms with E-state index in [1.165, 1.54) is 31.4 Å². The Morgan fingerprint density at radius 1 is 1.33 bits per heavy atom. The minimum Gasteiger partial charge on any atom is -0.406 e. The van der Waals surface area contributed by atoms with Crippen molar-refractivity contribution < 1.29 is 27.4 Å². The molecule has 118 valence electrons. The summed E-state index contributed by atoms with van der Waals surface area (Å²) in [4.78, 5) is 11.6. The zero-order valence-electron chi connectivity index (χ0n) is 11.4. The highest BCUT2D eigenvalue weighted by Gasteiger charge is 2.30. The van der Waals surface area contributed by atoms with Crippen molar-refractivity contribution in [2.45, 2.75) is 25.4 Å². The zero-order chi connectivity index (χ0) is 15.9. The van der Waals surface area contributed by atoms with Crippen LogP contribution in [0.5, 0.6) is 5.75 Å². The molecule has 0 aliphatic carbocycles. The number of carbonyl (C=O) groups excluding carboxylic acids is 1. The van der Waals surface area contributed by atoms with Crippen molar-refractivity contribution in [3.63, 3.8) is 0 Å². The fraction of sp³-hybridized carbons (Fsp3) is 0.462. The predicted molar refractivity (Wildman–Crippen MR) is 69.4 cm³/mol. The van der Waals surface area contributed by atoms with Crippen LogP contribution in [0.15, 0.2) is 24.3 Å². The molecule has 8 heteroatoms. The maximum absolute atomic E-state index is 12.0. The van der Waals surface area contributed by atoms with Gasteiger partial charge in [0.25, 0.3) is 0 Å². The van der Waals surface area contributed by atoms with Crippen LogP contribution in [0.4, 0.5) is 13.2 Å². The van der Waals surface area contributed by atoms with E-state index in [9.17, 15) is 18.0 Å². The summed E-state index contributed by atoms with van der Waals surface area (Å²) in [5, 5.41) is 2.59. The first-order chi connectivity index (χ1) is 9.81. The zero-order valence-corrected chi connectivity index (χ0v) is 11.4. The van der Waals surface area contributed by atoms with Crippen LogP contribution in [0.1, 0.15) is 12.0 Å². The molecule has 0 fully saturated rings. The minimum absolute atomic E-state index is 0.172. The molecular formula is C13H17F3N2O3. The van der Waals surface area contributed by atoms with Crippen molar-refractivity contribution >= 4 is 5.91 Å². The molecular weight excluding hydrogens is 289 g/mol. The number of hydrogen-bond donors (Lipinski definition) is 2. The van der Waals surface area contributed by atoms with E-state index in [-0.39, 0.29) is 18.2 Å². The van der Waals surface area contributed by atoms with Crippen molar-refractivity contribution in [3.8, 4) is 5.75 Å². The van der Waals surface area contributed by atoms with Gasteiger partial charge in [-0.3, -0.25) is 4.79 Å².